The van der Waals surface area contributed by atoms with E-state index in [4.69, 9.17) is 17.0 Å². The number of ether oxygens (including phenoxy) is 1. The monoisotopic (exact) mass is 400 g/mol. The molecule has 1 saturated heterocycles. The summed E-state index contributed by atoms with van der Waals surface area (Å²) in [6.07, 6.45) is 2.31. The second-order valence-electron chi connectivity index (χ2n) is 5.78. The SMILES string of the molecule is COc1ccc(CCN2C(=O)C(=Cc3cccc([N+](=O)[O-])c3)SC2=S)cc1. The molecule has 1 aliphatic rings. The highest BCUT2D eigenvalue weighted by Crippen LogP contribution is 2.33. The average molecular weight is 400 g/mol. The van der Waals surface area contributed by atoms with Crippen molar-refractivity contribution in [2.24, 2.45) is 0 Å². The van der Waals surface area contributed by atoms with Gasteiger partial charge in [-0.2, -0.15) is 0 Å². The van der Waals surface area contributed by atoms with E-state index in [0.29, 0.717) is 27.8 Å². The molecule has 1 amide bonds. The first kappa shape index (κ1) is 19.1. The van der Waals surface area contributed by atoms with Crippen molar-refractivity contribution >= 4 is 46.0 Å². The maximum absolute atomic E-state index is 12.7. The molecule has 2 aromatic rings. The van der Waals surface area contributed by atoms with Crippen LogP contribution in [0.15, 0.2) is 53.4 Å². The Morgan fingerprint density at radius 2 is 2.00 bits per heavy atom. The van der Waals surface area contributed by atoms with Gasteiger partial charge in [-0.25, -0.2) is 0 Å². The van der Waals surface area contributed by atoms with Gasteiger partial charge in [0, 0.05) is 18.7 Å². The van der Waals surface area contributed by atoms with Crippen LogP contribution in [-0.4, -0.2) is 33.7 Å². The van der Waals surface area contributed by atoms with Gasteiger partial charge in [-0.15, -0.1) is 0 Å². The summed E-state index contributed by atoms with van der Waals surface area (Å²) in [7, 11) is 1.61. The third-order valence-electron chi connectivity index (χ3n) is 4.04. The molecule has 0 aliphatic carbocycles. The molecule has 2 aromatic carbocycles. The Kier molecular flexibility index (Phi) is 5.88. The third-order valence-corrected chi connectivity index (χ3v) is 5.41. The van der Waals surface area contributed by atoms with Crippen molar-refractivity contribution in [2.75, 3.05) is 13.7 Å². The number of non-ortho nitro benzene ring substituents is 1. The Labute approximate surface area is 166 Å². The number of rotatable bonds is 6. The smallest absolute Gasteiger partial charge is 0.270 e. The zero-order chi connectivity index (χ0) is 19.4. The summed E-state index contributed by atoms with van der Waals surface area (Å²) in [5.41, 5.74) is 1.66. The van der Waals surface area contributed by atoms with Crippen LogP contribution in [0, 0.1) is 10.1 Å². The van der Waals surface area contributed by atoms with Crippen LogP contribution in [0.3, 0.4) is 0 Å². The molecule has 0 unspecified atom stereocenters. The molecule has 0 radical (unpaired) electrons. The number of carbonyl (C=O) groups is 1. The first-order valence-corrected chi connectivity index (χ1v) is 9.33. The van der Waals surface area contributed by atoms with Crippen molar-refractivity contribution in [3.05, 3.63) is 74.7 Å². The standard InChI is InChI=1S/C19H16N2O4S2/c1-25-16-7-5-13(6-8-16)9-10-20-18(22)17(27-19(20)26)12-14-3-2-4-15(11-14)21(23)24/h2-8,11-12H,9-10H2,1H3. The Hall–Kier alpha value is -2.71. The van der Waals surface area contributed by atoms with E-state index in [-0.39, 0.29) is 11.6 Å². The molecule has 138 valence electrons. The maximum Gasteiger partial charge on any atom is 0.270 e. The molecule has 0 N–H and O–H groups in total. The molecule has 27 heavy (non-hydrogen) atoms. The largest absolute Gasteiger partial charge is 0.497 e. The number of hydrogen-bond donors (Lipinski definition) is 0. The van der Waals surface area contributed by atoms with Crippen LogP contribution in [0.5, 0.6) is 5.75 Å². The van der Waals surface area contributed by atoms with Gasteiger partial charge < -0.3 is 4.74 Å². The van der Waals surface area contributed by atoms with Crippen LogP contribution in [0.2, 0.25) is 0 Å². The van der Waals surface area contributed by atoms with Crippen LogP contribution in [0.25, 0.3) is 6.08 Å². The van der Waals surface area contributed by atoms with Gasteiger partial charge in [0.1, 0.15) is 10.1 Å². The van der Waals surface area contributed by atoms with Crippen molar-refractivity contribution < 1.29 is 14.5 Å². The normalized spacial score (nSPS) is 15.4. The molecule has 1 aliphatic heterocycles. The lowest BCUT2D eigenvalue weighted by Gasteiger charge is -2.14. The summed E-state index contributed by atoms with van der Waals surface area (Å²) in [4.78, 5) is 25.1. The number of benzene rings is 2. The lowest BCUT2D eigenvalue weighted by molar-refractivity contribution is -0.384. The van der Waals surface area contributed by atoms with Gasteiger partial charge >= 0.3 is 0 Å². The van der Waals surface area contributed by atoms with E-state index in [1.807, 2.05) is 24.3 Å². The van der Waals surface area contributed by atoms with E-state index in [1.165, 1.54) is 23.9 Å². The quantitative estimate of drug-likeness (QED) is 0.315. The van der Waals surface area contributed by atoms with Crippen LogP contribution in [0.1, 0.15) is 11.1 Å². The molecule has 0 bridgehead atoms. The lowest BCUT2D eigenvalue weighted by Crippen LogP contribution is -2.30. The molecular formula is C19H16N2O4S2. The van der Waals surface area contributed by atoms with Gasteiger partial charge in [0.15, 0.2) is 0 Å². The van der Waals surface area contributed by atoms with Gasteiger partial charge in [-0.3, -0.25) is 19.8 Å². The zero-order valence-electron chi connectivity index (χ0n) is 14.5. The van der Waals surface area contributed by atoms with Crippen LogP contribution >= 0.6 is 24.0 Å². The minimum Gasteiger partial charge on any atom is -0.497 e. The van der Waals surface area contributed by atoms with E-state index in [1.54, 1.807) is 30.2 Å². The summed E-state index contributed by atoms with van der Waals surface area (Å²) >= 11 is 6.54. The zero-order valence-corrected chi connectivity index (χ0v) is 16.1. The fraction of sp³-hybridized carbons (Fsp3) is 0.158. The van der Waals surface area contributed by atoms with Crippen LogP contribution in [0.4, 0.5) is 5.69 Å². The number of nitrogens with zero attached hydrogens (tertiary/aromatic N) is 2. The summed E-state index contributed by atoms with van der Waals surface area (Å²) in [5, 5.41) is 10.9. The molecule has 1 heterocycles. The van der Waals surface area contributed by atoms with E-state index >= 15 is 0 Å². The number of nitro benzene ring substituents is 1. The molecule has 0 saturated carbocycles. The van der Waals surface area contributed by atoms with Crippen LogP contribution < -0.4 is 4.74 Å². The predicted octanol–water partition coefficient (Wildman–Crippen LogP) is 4.05. The fourth-order valence-electron chi connectivity index (χ4n) is 2.61. The Morgan fingerprint density at radius 1 is 1.26 bits per heavy atom. The second kappa shape index (κ2) is 8.32. The average Bonchev–Trinajstić information content (AvgIpc) is 2.93. The molecule has 0 aromatic heterocycles. The van der Waals surface area contributed by atoms with Crippen molar-refractivity contribution in [3.63, 3.8) is 0 Å². The molecule has 1 fully saturated rings. The van der Waals surface area contributed by atoms with Crippen molar-refractivity contribution in [3.8, 4) is 5.75 Å². The number of thiocarbonyl (C=S) groups is 1. The first-order valence-electron chi connectivity index (χ1n) is 8.10. The molecule has 8 heteroatoms. The van der Waals surface area contributed by atoms with Crippen molar-refractivity contribution in [2.45, 2.75) is 6.42 Å². The highest BCUT2D eigenvalue weighted by atomic mass is 32.2. The maximum atomic E-state index is 12.7. The van der Waals surface area contributed by atoms with Gasteiger partial charge in [0.05, 0.1) is 16.9 Å². The van der Waals surface area contributed by atoms with Gasteiger partial charge in [-0.05, 0) is 35.8 Å². The highest BCUT2D eigenvalue weighted by Gasteiger charge is 2.31. The predicted molar refractivity (Wildman–Crippen MR) is 110 cm³/mol. The number of nitro groups is 1. The van der Waals surface area contributed by atoms with E-state index in [9.17, 15) is 14.9 Å². The second-order valence-corrected chi connectivity index (χ2v) is 7.46. The van der Waals surface area contributed by atoms with E-state index < -0.39 is 4.92 Å². The summed E-state index contributed by atoms with van der Waals surface area (Å²) in [6, 6.07) is 13.8. The fourth-order valence-corrected chi connectivity index (χ4v) is 3.91. The van der Waals surface area contributed by atoms with Crippen LogP contribution in [-0.2, 0) is 11.2 Å². The first-order chi connectivity index (χ1) is 13.0. The minimum absolute atomic E-state index is 0.0151. The Balaban J connectivity index is 1.70. The highest BCUT2D eigenvalue weighted by molar-refractivity contribution is 8.26. The van der Waals surface area contributed by atoms with Gasteiger partial charge in [0.25, 0.3) is 11.6 Å². The number of thioether (sulfide) groups is 1. The minimum atomic E-state index is -0.461. The third kappa shape index (κ3) is 4.53. The molecule has 6 nitrogen and oxygen atoms in total. The number of methoxy groups -OCH3 is 1. The topological polar surface area (TPSA) is 72.7 Å². The van der Waals surface area contributed by atoms with Crippen molar-refractivity contribution in [1.82, 2.24) is 4.90 Å². The molecule has 0 atom stereocenters. The number of hydrogen-bond acceptors (Lipinski definition) is 6. The Morgan fingerprint density at radius 3 is 2.67 bits per heavy atom. The lowest BCUT2D eigenvalue weighted by atomic mass is 10.1. The van der Waals surface area contributed by atoms with Crippen molar-refractivity contribution in [1.29, 1.82) is 0 Å². The van der Waals surface area contributed by atoms with E-state index in [0.717, 1.165) is 11.3 Å². The molecular weight excluding hydrogens is 384 g/mol. The molecule has 3 rings (SSSR count). The summed E-state index contributed by atoms with van der Waals surface area (Å²) < 4.78 is 5.63. The van der Waals surface area contributed by atoms with Gasteiger partial charge in [-0.1, -0.05) is 48.2 Å². The number of carbonyl (C=O) groups excluding carboxylic acids is 1. The van der Waals surface area contributed by atoms with Gasteiger partial charge in [0.2, 0.25) is 0 Å². The molecule has 0 spiro atoms. The summed E-state index contributed by atoms with van der Waals surface area (Å²) in [5.74, 6) is 0.606. The Bertz CT molecular complexity index is 926. The summed E-state index contributed by atoms with van der Waals surface area (Å²) in [6.45, 7) is 0.475. The van der Waals surface area contributed by atoms with E-state index in [2.05, 4.69) is 0 Å². The number of amides is 1.